The van der Waals surface area contributed by atoms with E-state index in [4.69, 9.17) is 5.11 Å². The minimum Gasteiger partial charge on any atom is -0.481 e. The third kappa shape index (κ3) is 10.1. The third-order valence-electron chi connectivity index (χ3n) is 4.05. The Labute approximate surface area is 159 Å². The Kier molecular flexibility index (Phi) is 11.2. The second-order valence-corrected chi connectivity index (χ2v) is 6.31. The summed E-state index contributed by atoms with van der Waals surface area (Å²) in [4.78, 5) is 44.7. The first kappa shape index (κ1) is 22.3. The van der Waals surface area contributed by atoms with Gasteiger partial charge < -0.3 is 20.5 Å². The fourth-order valence-corrected chi connectivity index (χ4v) is 2.49. The minimum atomic E-state index is -0.805. The molecular weight excluding hydrogens is 348 g/mol. The van der Waals surface area contributed by atoms with E-state index in [9.17, 15) is 19.2 Å². The van der Waals surface area contributed by atoms with E-state index in [2.05, 4.69) is 10.6 Å². The molecule has 0 fully saturated rings. The number of aliphatic carboxylic acids is 1. The smallest absolute Gasteiger partial charge is 0.303 e. The molecule has 3 N–H and O–H groups in total. The van der Waals surface area contributed by atoms with Gasteiger partial charge >= 0.3 is 5.97 Å². The Morgan fingerprint density at radius 1 is 0.778 bits per heavy atom. The number of hydrogen-bond donors (Lipinski definition) is 3. The highest BCUT2D eigenvalue weighted by Crippen LogP contribution is 2.06. The lowest BCUT2D eigenvalue weighted by atomic mass is 10.1. The topological polar surface area (TPSA) is 113 Å². The predicted molar refractivity (Wildman–Crippen MR) is 102 cm³/mol. The van der Waals surface area contributed by atoms with Crippen molar-refractivity contribution >= 4 is 24.1 Å². The molecule has 0 radical (unpaired) electrons. The van der Waals surface area contributed by atoms with Crippen LogP contribution in [0.4, 0.5) is 0 Å². The van der Waals surface area contributed by atoms with Crippen molar-refractivity contribution in [3.8, 4) is 0 Å². The summed E-state index contributed by atoms with van der Waals surface area (Å²) in [6.45, 7) is 1.05. The van der Waals surface area contributed by atoms with E-state index >= 15 is 0 Å². The Bertz CT molecular complexity index is 613. The van der Waals surface area contributed by atoms with Crippen LogP contribution in [0.3, 0.4) is 0 Å². The molecule has 1 rings (SSSR count). The number of carboxylic acid groups (broad SMARTS) is 1. The number of aldehydes is 1. The number of carboxylic acids is 1. The molecule has 0 aromatic heterocycles. The molecule has 2 amide bonds. The molecule has 0 heterocycles. The number of unbranched alkanes of at least 4 members (excludes halogenated alkanes) is 5. The van der Waals surface area contributed by atoms with Crippen LogP contribution in [0.15, 0.2) is 24.3 Å². The SMILES string of the molecule is O=CCCCCCNC(=O)c1ccc(C(=O)NCCCCCC(=O)O)cc1. The summed E-state index contributed by atoms with van der Waals surface area (Å²) in [5.41, 5.74) is 0.971. The average molecular weight is 376 g/mol. The summed E-state index contributed by atoms with van der Waals surface area (Å²) < 4.78 is 0. The molecule has 0 bridgehead atoms. The summed E-state index contributed by atoms with van der Waals surface area (Å²) in [5, 5.41) is 14.1. The molecule has 148 valence electrons. The quantitative estimate of drug-likeness (QED) is 0.341. The van der Waals surface area contributed by atoms with Crippen LogP contribution in [-0.2, 0) is 9.59 Å². The molecule has 0 saturated heterocycles. The van der Waals surface area contributed by atoms with Crippen molar-refractivity contribution in [1.29, 1.82) is 0 Å². The first-order valence-electron chi connectivity index (χ1n) is 9.36. The minimum absolute atomic E-state index is 0.149. The lowest BCUT2D eigenvalue weighted by Gasteiger charge is -2.07. The zero-order valence-electron chi connectivity index (χ0n) is 15.5. The number of benzene rings is 1. The lowest BCUT2D eigenvalue weighted by molar-refractivity contribution is -0.137. The fourth-order valence-electron chi connectivity index (χ4n) is 2.49. The zero-order valence-corrected chi connectivity index (χ0v) is 15.5. The highest BCUT2D eigenvalue weighted by atomic mass is 16.4. The molecule has 0 aliphatic carbocycles. The van der Waals surface area contributed by atoms with Gasteiger partial charge in [-0.1, -0.05) is 12.8 Å². The van der Waals surface area contributed by atoms with Gasteiger partial charge in [-0.2, -0.15) is 0 Å². The molecule has 1 aromatic rings. The summed E-state index contributed by atoms with van der Waals surface area (Å²) >= 11 is 0. The van der Waals surface area contributed by atoms with Crippen molar-refractivity contribution in [3.05, 3.63) is 35.4 Å². The van der Waals surface area contributed by atoms with Crippen molar-refractivity contribution in [2.75, 3.05) is 13.1 Å². The highest BCUT2D eigenvalue weighted by molar-refractivity contribution is 5.97. The highest BCUT2D eigenvalue weighted by Gasteiger charge is 2.08. The molecule has 0 aliphatic heterocycles. The molecule has 0 unspecified atom stereocenters. The van der Waals surface area contributed by atoms with Gasteiger partial charge in [0, 0.05) is 37.1 Å². The second kappa shape index (κ2) is 13.5. The maximum Gasteiger partial charge on any atom is 0.303 e. The Morgan fingerprint density at radius 2 is 1.26 bits per heavy atom. The molecule has 0 saturated carbocycles. The molecule has 0 aliphatic rings. The van der Waals surface area contributed by atoms with E-state index in [0.717, 1.165) is 38.4 Å². The van der Waals surface area contributed by atoms with Crippen LogP contribution in [-0.4, -0.2) is 42.3 Å². The number of hydrogen-bond acceptors (Lipinski definition) is 4. The van der Waals surface area contributed by atoms with Crippen molar-refractivity contribution in [1.82, 2.24) is 10.6 Å². The van der Waals surface area contributed by atoms with Crippen LogP contribution in [0, 0.1) is 0 Å². The van der Waals surface area contributed by atoms with E-state index in [0.29, 0.717) is 37.1 Å². The van der Waals surface area contributed by atoms with Gasteiger partial charge in [-0.05, 0) is 49.9 Å². The molecule has 27 heavy (non-hydrogen) atoms. The molecule has 7 heteroatoms. The van der Waals surface area contributed by atoms with E-state index in [1.54, 1.807) is 24.3 Å². The van der Waals surface area contributed by atoms with Gasteiger partial charge in [0.15, 0.2) is 0 Å². The average Bonchev–Trinajstić information content (AvgIpc) is 2.66. The monoisotopic (exact) mass is 376 g/mol. The summed E-state index contributed by atoms with van der Waals surface area (Å²) in [7, 11) is 0. The van der Waals surface area contributed by atoms with Gasteiger partial charge in [-0.3, -0.25) is 14.4 Å². The van der Waals surface area contributed by atoms with Crippen molar-refractivity contribution in [2.45, 2.75) is 51.4 Å². The van der Waals surface area contributed by atoms with Crippen LogP contribution in [0.5, 0.6) is 0 Å². The van der Waals surface area contributed by atoms with Crippen molar-refractivity contribution in [3.63, 3.8) is 0 Å². The normalized spacial score (nSPS) is 10.2. The number of carbonyl (C=O) groups is 4. The van der Waals surface area contributed by atoms with Gasteiger partial charge in [0.1, 0.15) is 6.29 Å². The summed E-state index contributed by atoms with van der Waals surface area (Å²) in [6.07, 6.45) is 6.24. The van der Waals surface area contributed by atoms with E-state index in [1.165, 1.54) is 0 Å². The molecule has 0 atom stereocenters. The van der Waals surface area contributed by atoms with E-state index in [1.807, 2.05) is 0 Å². The summed E-state index contributed by atoms with van der Waals surface area (Å²) in [6, 6.07) is 6.45. The number of nitrogens with one attached hydrogen (secondary N) is 2. The van der Waals surface area contributed by atoms with Crippen LogP contribution >= 0.6 is 0 Å². The molecule has 0 spiro atoms. The van der Waals surface area contributed by atoms with E-state index in [-0.39, 0.29) is 18.2 Å². The number of carbonyl (C=O) groups excluding carboxylic acids is 3. The molecular formula is C20H28N2O5. The largest absolute Gasteiger partial charge is 0.481 e. The van der Waals surface area contributed by atoms with Gasteiger partial charge in [0.25, 0.3) is 11.8 Å². The van der Waals surface area contributed by atoms with Gasteiger partial charge in [0.05, 0.1) is 0 Å². The maximum atomic E-state index is 12.0. The van der Waals surface area contributed by atoms with Gasteiger partial charge in [-0.25, -0.2) is 0 Å². The van der Waals surface area contributed by atoms with Gasteiger partial charge in [-0.15, -0.1) is 0 Å². The summed E-state index contributed by atoms with van der Waals surface area (Å²) in [5.74, 6) is -1.20. The standard InChI is InChI=1S/C20H28N2O5/c23-15-7-2-1-5-13-21-19(26)16-9-11-17(12-10-16)20(27)22-14-6-3-4-8-18(24)25/h9-12,15H,1-8,13-14H2,(H,21,26)(H,22,27)(H,24,25). The van der Waals surface area contributed by atoms with Crippen LogP contribution in [0.2, 0.25) is 0 Å². The Morgan fingerprint density at radius 3 is 1.70 bits per heavy atom. The predicted octanol–water partition coefficient (Wildman–Crippen LogP) is 2.55. The number of rotatable bonds is 14. The van der Waals surface area contributed by atoms with Crippen LogP contribution < -0.4 is 10.6 Å². The first-order valence-corrected chi connectivity index (χ1v) is 9.36. The van der Waals surface area contributed by atoms with Crippen LogP contribution in [0.25, 0.3) is 0 Å². The number of amides is 2. The van der Waals surface area contributed by atoms with Crippen molar-refractivity contribution < 1.29 is 24.3 Å². The fraction of sp³-hybridized carbons (Fsp3) is 0.500. The zero-order chi connectivity index (χ0) is 19.9. The third-order valence-corrected chi connectivity index (χ3v) is 4.05. The lowest BCUT2D eigenvalue weighted by Crippen LogP contribution is -2.26. The molecule has 1 aromatic carbocycles. The Balaban J connectivity index is 2.27. The maximum absolute atomic E-state index is 12.0. The Hall–Kier alpha value is -2.70. The van der Waals surface area contributed by atoms with E-state index < -0.39 is 5.97 Å². The molecule has 7 nitrogen and oxygen atoms in total. The first-order chi connectivity index (χ1) is 13.0. The van der Waals surface area contributed by atoms with Crippen LogP contribution in [0.1, 0.15) is 72.1 Å². The van der Waals surface area contributed by atoms with Crippen molar-refractivity contribution in [2.24, 2.45) is 0 Å². The second-order valence-electron chi connectivity index (χ2n) is 6.31. The van der Waals surface area contributed by atoms with Gasteiger partial charge in [0.2, 0.25) is 0 Å².